The van der Waals surface area contributed by atoms with Crippen molar-refractivity contribution >= 4 is 28.8 Å². The number of aryl methyl sites for hydroxylation is 1. The van der Waals surface area contributed by atoms with Gasteiger partial charge in [-0.05, 0) is 48.9 Å². The minimum Gasteiger partial charge on any atom is -0.487 e. The van der Waals surface area contributed by atoms with Crippen molar-refractivity contribution in [3.05, 3.63) is 75.7 Å². The molecule has 2 aromatic carbocycles. The number of nitrogens with two attached hydrogens (primary N) is 1. The molecular weight excluding hydrogens is 362 g/mol. The molecule has 0 aliphatic heterocycles. The van der Waals surface area contributed by atoms with Gasteiger partial charge in [0.1, 0.15) is 12.4 Å². The second-order valence-electron chi connectivity index (χ2n) is 5.97. The van der Waals surface area contributed by atoms with Crippen LogP contribution in [0.1, 0.15) is 26.6 Å². The van der Waals surface area contributed by atoms with E-state index in [1.165, 1.54) is 0 Å². The summed E-state index contributed by atoms with van der Waals surface area (Å²) in [5, 5.41) is 5.78. The first-order chi connectivity index (χ1) is 13.0. The number of aromatic nitrogens is 1. The van der Waals surface area contributed by atoms with Gasteiger partial charge in [0.25, 0.3) is 5.91 Å². The summed E-state index contributed by atoms with van der Waals surface area (Å²) in [4.78, 5) is 27.6. The van der Waals surface area contributed by atoms with Crippen molar-refractivity contribution in [3.63, 3.8) is 0 Å². The molecule has 0 radical (unpaired) electrons. The molecule has 3 rings (SSSR count). The Balaban J connectivity index is 1.56. The van der Waals surface area contributed by atoms with E-state index in [1.54, 1.807) is 59.9 Å². The number of anilines is 1. The third-order valence-electron chi connectivity index (χ3n) is 3.76. The van der Waals surface area contributed by atoms with E-state index in [0.717, 1.165) is 16.3 Å². The summed E-state index contributed by atoms with van der Waals surface area (Å²) in [6, 6.07) is 13.9. The fraction of sp³-hybridized carbons (Fsp3) is 0.150. The maximum atomic E-state index is 12.3. The second-order valence-corrected chi connectivity index (χ2v) is 7.03. The first-order valence-electron chi connectivity index (χ1n) is 8.32. The Morgan fingerprint density at radius 1 is 1.11 bits per heavy atom. The highest BCUT2D eigenvalue weighted by molar-refractivity contribution is 7.09. The molecule has 0 aliphatic rings. The molecule has 0 unspecified atom stereocenters. The second kappa shape index (κ2) is 8.46. The Hall–Kier alpha value is -3.19. The molecule has 27 heavy (non-hydrogen) atoms. The van der Waals surface area contributed by atoms with Crippen LogP contribution in [-0.2, 0) is 17.8 Å². The Kier molecular flexibility index (Phi) is 5.83. The van der Waals surface area contributed by atoms with E-state index in [-0.39, 0.29) is 18.2 Å². The first-order valence-corrected chi connectivity index (χ1v) is 9.20. The smallest absolute Gasteiger partial charge is 0.255 e. The molecule has 2 amide bonds. The van der Waals surface area contributed by atoms with Crippen LogP contribution in [0.25, 0.3) is 0 Å². The van der Waals surface area contributed by atoms with Crippen molar-refractivity contribution in [2.45, 2.75) is 20.0 Å². The predicted octanol–water partition coefficient (Wildman–Crippen LogP) is 3.31. The summed E-state index contributed by atoms with van der Waals surface area (Å²) < 4.78 is 5.68. The summed E-state index contributed by atoms with van der Waals surface area (Å²) in [6.07, 6.45) is 0.177. The lowest BCUT2D eigenvalue weighted by Gasteiger charge is -2.08. The molecule has 6 nitrogen and oxygen atoms in total. The van der Waals surface area contributed by atoms with Gasteiger partial charge in [-0.3, -0.25) is 9.59 Å². The van der Waals surface area contributed by atoms with Crippen LogP contribution < -0.4 is 15.8 Å². The Bertz CT molecular complexity index is 934. The molecule has 7 heteroatoms. The van der Waals surface area contributed by atoms with E-state index >= 15 is 0 Å². The molecular formula is C20H19N3O3S. The summed E-state index contributed by atoms with van der Waals surface area (Å²) in [5.74, 6) is 0.0614. The molecule has 0 bridgehead atoms. The summed E-state index contributed by atoms with van der Waals surface area (Å²) >= 11 is 1.58. The zero-order chi connectivity index (χ0) is 19.2. The van der Waals surface area contributed by atoms with Crippen LogP contribution in [0.3, 0.4) is 0 Å². The molecule has 138 valence electrons. The molecule has 0 saturated carbocycles. The van der Waals surface area contributed by atoms with E-state index in [1.807, 2.05) is 12.3 Å². The molecule has 0 spiro atoms. The third kappa shape index (κ3) is 5.39. The largest absolute Gasteiger partial charge is 0.487 e. The normalized spacial score (nSPS) is 10.4. The van der Waals surface area contributed by atoms with Crippen molar-refractivity contribution in [1.29, 1.82) is 0 Å². The highest BCUT2D eigenvalue weighted by atomic mass is 32.1. The molecule has 3 aromatic rings. The van der Waals surface area contributed by atoms with Gasteiger partial charge in [-0.15, -0.1) is 11.3 Å². The Morgan fingerprint density at radius 3 is 2.41 bits per heavy atom. The number of rotatable bonds is 7. The quantitative estimate of drug-likeness (QED) is 0.656. The van der Waals surface area contributed by atoms with Crippen LogP contribution in [0.2, 0.25) is 0 Å². The van der Waals surface area contributed by atoms with E-state index in [4.69, 9.17) is 10.5 Å². The zero-order valence-electron chi connectivity index (χ0n) is 14.8. The molecule has 0 fully saturated rings. The van der Waals surface area contributed by atoms with Gasteiger partial charge in [0.2, 0.25) is 5.91 Å². The third-order valence-corrected chi connectivity index (χ3v) is 4.58. The maximum absolute atomic E-state index is 12.3. The number of carbonyl (C=O) groups is 2. The van der Waals surface area contributed by atoms with E-state index in [9.17, 15) is 9.59 Å². The monoisotopic (exact) mass is 381 g/mol. The van der Waals surface area contributed by atoms with Crippen LogP contribution in [0, 0.1) is 6.92 Å². The fourth-order valence-corrected chi connectivity index (χ4v) is 3.04. The van der Waals surface area contributed by atoms with E-state index < -0.39 is 0 Å². The number of amides is 2. The molecule has 1 heterocycles. The van der Waals surface area contributed by atoms with Crippen molar-refractivity contribution < 1.29 is 14.3 Å². The highest BCUT2D eigenvalue weighted by Crippen LogP contribution is 2.17. The van der Waals surface area contributed by atoms with Gasteiger partial charge in [-0.25, -0.2) is 4.98 Å². The van der Waals surface area contributed by atoms with Gasteiger partial charge in [-0.1, -0.05) is 12.1 Å². The maximum Gasteiger partial charge on any atom is 0.255 e. The summed E-state index contributed by atoms with van der Waals surface area (Å²) in [5.41, 5.74) is 8.02. The molecule has 0 atom stereocenters. The first kappa shape index (κ1) is 18.6. The van der Waals surface area contributed by atoms with Crippen molar-refractivity contribution in [2.75, 3.05) is 5.32 Å². The van der Waals surface area contributed by atoms with Gasteiger partial charge in [0.05, 0.1) is 17.1 Å². The van der Waals surface area contributed by atoms with Gasteiger partial charge in [0.15, 0.2) is 0 Å². The lowest BCUT2D eigenvalue weighted by atomic mass is 10.1. The number of nitrogens with one attached hydrogen (secondary N) is 1. The average Bonchev–Trinajstić information content (AvgIpc) is 3.07. The SMILES string of the molecule is Cc1nc(COc2ccc(C(=O)Nc3ccc(CC(N)=O)cc3)cc2)cs1. The van der Waals surface area contributed by atoms with Crippen molar-refractivity contribution in [2.24, 2.45) is 5.73 Å². The number of primary amides is 1. The van der Waals surface area contributed by atoms with Crippen LogP contribution in [0.5, 0.6) is 5.75 Å². The van der Waals surface area contributed by atoms with E-state index in [2.05, 4.69) is 10.3 Å². The van der Waals surface area contributed by atoms with E-state index in [0.29, 0.717) is 23.6 Å². The van der Waals surface area contributed by atoms with Crippen molar-refractivity contribution in [3.8, 4) is 5.75 Å². The standard InChI is InChI=1S/C20H19N3O3S/c1-13-22-17(12-27-13)11-26-18-8-4-15(5-9-18)20(25)23-16-6-2-14(3-7-16)10-19(21)24/h2-9,12H,10-11H2,1H3,(H2,21,24)(H,23,25). The van der Waals surface area contributed by atoms with Crippen LogP contribution >= 0.6 is 11.3 Å². The number of carbonyl (C=O) groups excluding carboxylic acids is 2. The predicted molar refractivity (Wildman–Crippen MR) is 105 cm³/mol. The van der Waals surface area contributed by atoms with Crippen molar-refractivity contribution in [1.82, 2.24) is 4.98 Å². The minimum atomic E-state index is -0.390. The van der Waals surface area contributed by atoms with Gasteiger partial charge in [-0.2, -0.15) is 0 Å². The van der Waals surface area contributed by atoms with Crippen LogP contribution in [0.4, 0.5) is 5.69 Å². The molecule has 3 N–H and O–H groups in total. The molecule has 0 saturated heterocycles. The summed E-state index contributed by atoms with van der Waals surface area (Å²) in [6.45, 7) is 2.35. The molecule has 1 aromatic heterocycles. The number of hydrogen-bond donors (Lipinski definition) is 2. The average molecular weight is 381 g/mol. The Morgan fingerprint density at radius 2 is 1.81 bits per heavy atom. The van der Waals surface area contributed by atoms with Gasteiger partial charge in [0, 0.05) is 16.6 Å². The number of thiazole rings is 1. The minimum absolute atomic E-state index is 0.177. The number of benzene rings is 2. The van der Waals surface area contributed by atoms with Crippen LogP contribution in [-0.4, -0.2) is 16.8 Å². The number of ether oxygens (including phenoxy) is 1. The fourth-order valence-electron chi connectivity index (χ4n) is 2.44. The Labute approximate surface area is 161 Å². The van der Waals surface area contributed by atoms with Crippen LogP contribution in [0.15, 0.2) is 53.9 Å². The lowest BCUT2D eigenvalue weighted by Crippen LogP contribution is -2.14. The lowest BCUT2D eigenvalue weighted by molar-refractivity contribution is -0.117. The topological polar surface area (TPSA) is 94.3 Å². The van der Waals surface area contributed by atoms with Gasteiger partial charge < -0.3 is 15.8 Å². The summed E-state index contributed by atoms with van der Waals surface area (Å²) in [7, 11) is 0. The zero-order valence-corrected chi connectivity index (χ0v) is 15.6. The number of nitrogens with zero attached hydrogens (tertiary/aromatic N) is 1. The van der Waals surface area contributed by atoms with Gasteiger partial charge >= 0.3 is 0 Å². The highest BCUT2D eigenvalue weighted by Gasteiger charge is 2.07. The number of hydrogen-bond acceptors (Lipinski definition) is 5. The molecule has 0 aliphatic carbocycles.